The van der Waals surface area contributed by atoms with E-state index in [4.69, 9.17) is 0 Å². The van der Waals surface area contributed by atoms with Crippen molar-refractivity contribution in [2.45, 2.75) is 44.2 Å². The first-order valence-electron chi connectivity index (χ1n) is 7.65. The van der Waals surface area contributed by atoms with Crippen LogP contribution in [-0.2, 0) is 0 Å². The van der Waals surface area contributed by atoms with Gasteiger partial charge in [-0.15, -0.1) is 0 Å². The van der Waals surface area contributed by atoms with Crippen LogP contribution in [0.25, 0.3) is 11.3 Å². The quantitative estimate of drug-likeness (QED) is 0.805. The number of nitrogens with zero attached hydrogens (tertiary/aromatic N) is 2. The van der Waals surface area contributed by atoms with E-state index < -0.39 is 0 Å². The number of fused-ring (bicyclic) bond motifs is 3. The Balaban J connectivity index is 1.81. The summed E-state index contributed by atoms with van der Waals surface area (Å²) in [7, 11) is 0. The van der Waals surface area contributed by atoms with Crippen molar-refractivity contribution in [2.24, 2.45) is 5.92 Å². The zero-order valence-corrected chi connectivity index (χ0v) is 11.6. The molecule has 0 amide bonds. The average Bonchev–Trinajstić information content (AvgIpc) is 2.97. The molecule has 2 heterocycles. The summed E-state index contributed by atoms with van der Waals surface area (Å²) in [5, 5.41) is 10.6. The first kappa shape index (κ1) is 12.2. The number of imidazole rings is 1. The number of aliphatic hydroxyl groups excluding tert-OH is 1. The molecule has 1 aliphatic carbocycles. The molecule has 3 nitrogen and oxygen atoms in total. The second-order valence-electron chi connectivity index (χ2n) is 6.09. The number of aromatic nitrogens is 2. The largest absolute Gasteiger partial charge is 0.393 e. The van der Waals surface area contributed by atoms with Gasteiger partial charge in [0.1, 0.15) is 0 Å². The zero-order chi connectivity index (χ0) is 13.5. The summed E-state index contributed by atoms with van der Waals surface area (Å²) in [6.45, 7) is 0. The maximum Gasteiger partial charge on any atom is 0.0956 e. The Bertz CT molecular complexity index is 619. The van der Waals surface area contributed by atoms with Crippen molar-refractivity contribution in [3.63, 3.8) is 0 Å². The molecule has 1 aromatic carbocycles. The van der Waals surface area contributed by atoms with E-state index in [1.165, 1.54) is 29.7 Å². The minimum Gasteiger partial charge on any atom is -0.393 e. The Morgan fingerprint density at radius 1 is 1.10 bits per heavy atom. The molecule has 1 fully saturated rings. The molecule has 1 aromatic heterocycles. The lowest BCUT2D eigenvalue weighted by Crippen LogP contribution is -2.28. The normalized spacial score (nSPS) is 28.8. The molecule has 104 valence electrons. The van der Waals surface area contributed by atoms with E-state index in [9.17, 15) is 5.11 Å². The van der Waals surface area contributed by atoms with Crippen LogP contribution in [0, 0.1) is 5.92 Å². The summed E-state index contributed by atoms with van der Waals surface area (Å²) in [5.74, 6) is 0.314. The average molecular weight is 268 g/mol. The van der Waals surface area contributed by atoms with Crippen LogP contribution >= 0.6 is 0 Å². The molecule has 1 saturated carbocycles. The molecule has 4 rings (SSSR count). The van der Waals surface area contributed by atoms with Crippen LogP contribution in [0.5, 0.6) is 0 Å². The minimum atomic E-state index is -0.191. The third kappa shape index (κ3) is 1.73. The van der Waals surface area contributed by atoms with Gasteiger partial charge in [-0.2, -0.15) is 0 Å². The van der Waals surface area contributed by atoms with Gasteiger partial charge in [0, 0.05) is 11.5 Å². The molecule has 3 heteroatoms. The van der Waals surface area contributed by atoms with Crippen LogP contribution in [0.3, 0.4) is 0 Å². The summed E-state index contributed by atoms with van der Waals surface area (Å²) in [6.07, 6.45) is 9.36. The molecular formula is C17H20N2O. The van der Waals surface area contributed by atoms with Crippen molar-refractivity contribution in [1.82, 2.24) is 9.55 Å². The second kappa shape index (κ2) is 4.74. The fourth-order valence-corrected chi connectivity index (χ4v) is 3.99. The molecule has 0 saturated heterocycles. The Morgan fingerprint density at radius 2 is 1.95 bits per heavy atom. The van der Waals surface area contributed by atoms with Crippen LogP contribution in [0.15, 0.2) is 36.8 Å². The van der Waals surface area contributed by atoms with Gasteiger partial charge in [-0.1, -0.05) is 43.5 Å². The van der Waals surface area contributed by atoms with Crippen molar-refractivity contribution in [3.8, 4) is 11.3 Å². The summed E-state index contributed by atoms with van der Waals surface area (Å²) < 4.78 is 2.27. The summed E-state index contributed by atoms with van der Waals surface area (Å²) in [5.41, 5.74) is 3.84. The third-order valence-corrected chi connectivity index (χ3v) is 4.96. The molecule has 0 spiro atoms. The minimum absolute atomic E-state index is 0.191. The summed E-state index contributed by atoms with van der Waals surface area (Å²) >= 11 is 0. The number of aliphatic hydroxyl groups is 1. The van der Waals surface area contributed by atoms with Crippen molar-refractivity contribution < 1.29 is 5.11 Å². The fourth-order valence-electron chi connectivity index (χ4n) is 3.99. The number of hydrogen-bond acceptors (Lipinski definition) is 2. The van der Waals surface area contributed by atoms with Crippen molar-refractivity contribution in [2.75, 3.05) is 0 Å². The fraction of sp³-hybridized carbons (Fsp3) is 0.471. The van der Waals surface area contributed by atoms with E-state index in [1.54, 1.807) is 0 Å². The van der Waals surface area contributed by atoms with Gasteiger partial charge in [-0.3, -0.25) is 0 Å². The zero-order valence-electron chi connectivity index (χ0n) is 11.6. The van der Waals surface area contributed by atoms with Crippen LogP contribution in [0.2, 0.25) is 0 Å². The van der Waals surface area contributed by atoms with Gasteiger partial charge in [0.15, 0.2) is 0 Å². The number of benzene rings is 1. The predicted octanol–water partition coefficient (Wildman–Crippen LogP) is 3.39. The molecule has 1 aliphatic heterocycles. The molecule has 2 aromatic rings. The molecule has 3 unspecified atom stereocenters. The van der Waals surface area contributed by atoms with E-state index in [1.807, 2.05) is 12.5 Å². The maximum absolute atomic E-state index is 10.6. The van der Waals surface area contributed by atoms with Crippen molar-refractivity contribution in [3.05, 3.63) is 42.4 Å². The summed E-state index contributed by atoms with van der Waals surface area (Å²) in [4.78, 5) is 4.32. The van der Waals surface area contributed by atoms with E-state index >= 15 is 0 Å². The molecule has 20 heavy (non-hydrogen) atoms. The Hall–Kier alpha value is -1.61. The highest BCUT2D eigenvalue weighted by Gasteiger charge is 2.37. The Kier molecular flexibility index (Phi) is 2.88. The number of hydrogen-bond donors (Lipinski definition) is 1. The van der Waals surface area contributed by atoms with E-state index in [2.05, 4.69) is 33.8 Å². The smallest absolute Gasteiger partial charge is 0.0956 e. The lowest BCUT2D eigenvalue weighted by atomic mass is 9.85. The van der Waals surface area contributed by atoms with Gasteiger partial charge in [-0.05, 0) is 18.4 Å². The monoisotopic (exact) mass is 268 g/mol. The molecule has 0 radical (unpaired) electrons. The van der Waals surface area contributed by atoms with Gasteiger partial charge in [0.2, 0.25) is 0 Å². The highest BCUT2D eigenvalue weighted by Crippen LogP contribution is 2.46. The lowest BCUT2D eigenvalue weighted by molar-refractivity contribution is 0.0802. The predicted molar refractivity (Wildman–Crippen MR) is 78.4 cm³/mol. The second-order valence-corrected chi connectivity index (χ2v) is 6.09. The highest BCUT2D eigenvalue weighted by molar-refractivity contribution is 5.69. The van der Waals surface area contributed by atoms with E-state index in [-0.39, 0.29) is 12.1 Å². The SMILES string of the molecule is OC1CCCCCC1C1c2ccccc2-c2cncn21. The lowest BCUT2D eigenvalue weighted by Gasteiger charge is -2.28. The number of rotatable bonds is 1. The van der Waals surface area contributed by atoms with E-state index in [0.717, 1.165) is 19.3 Å². The molecule has 1 N–H and O–H groups in total. The third-order valence-electron chi connectivity index (χ3n) is 4.96. The maximum atomic E-state index is 10.6. The first-order valence-corrected chi connectivity index (χ1v) is 7.65. The van der Waals surface area contributed by atoms with Crippen LogP contribution < -0.4 is 0 Å². The van der Waals surface area contributed by atoms with Crippen molar-refractivity contribution in [1.29, 1.82) is 0 Å². The molecule has 3 atom stereocenters. The highest BCUT2D eigenvalue weighted by atomic mass is 16.3. The van der Waals surface area contributed by atoms with Crippen LogP contribution in [0.4, 0.5) is 0 Å². The Labute approximate surface area is 119 Å². The molecule has 2 aliphatic rings. The van der Waals surface area contributed by atoms with Gasteiger partial charge in [0.05, 0.1) is 30.4 Å². The van der Waals surface area contributed by atoms with Gasteiger partial charge in [-0.25, -0.2) is 4.98 Å². The van der Waals surface area contributed by atoms with Crippen LogP contribution in [0.1, 0.15) is 43.7 Å². The summed E-state index contributed by atoms with van der Waals surface area (Å²) in [6, 6.07) is 8.84. The van der Waals surface area contributed by atoms with Gasteiger partial charge < -0.3 is 9.67 Å². The van der Waals surface area contributed by atoms with Crippen molar-refractivity contribution >= 4 is 0 Å². The standard InChI is InChI=1S/C17H20N2O/c20-16-9-3-1-2-8-14(16)17-13-7-5-4-6-12(13)15-10-18-11-19(15)17/h4-7,10-11,14,16-17,20H,1-3,8-9H2. The topological polar surface area (TPSA) is 38.1 Å². The molecule has 0 bridgehead atoms. The van der Waals surface area contributed by atoms with E-state index in [0.29, 0.717) is 5.92 Å². The Morgan fingerprint density at radius 3 is 2.90 bits per heavy atom. The van der Waals surface area contributed by atoms with Gasteiger partial charge >= 0.3 is 0 Å². The first-order chi connectivity index (χ1) is 9.86. The van der Waals surface area contributed by atoms with Gasteiger partial charge in [0.25, 0.3) is 0 Å². The van der Waals surface area contributed by atoms with Crippen LogP contribution in [-0.4, -0.2) is 20.8 Å². The molecular weight excluding hydrogens is 248 g/mol.